The summed E-state index contributed by atoms with van der Waals surface area (Å²) in [5.41, 5.74) is 6.79. The number of anilines is 2. The highest BCUT2D eigenvalue weighted by Gasteiger charge is 2.39. The van der Waals surface area contributed by atoms with Crippen LogP contribution in [0.4, 0.5) is 17.1 Å². The van der Waals surface area contributed by atoms with Gasteiger partial charge in [-0.05, 0) is 50.5 Å². The maximum atomic E-state index is 12.7. The molecule has 168 valence electrons. The highest BCUT2D eigenvalue weighted by Crippen LogP contribution is 2.41. The van der Waals surface area contributed by atoms with E-state index in [1.54, 1.807) is 12.1 Å². The van der Waals surface area contributed by atoms with Crippen molar-refractivity contribution in [2.24, 2.45) is 10.4 Å². The van der Waals surface area contributed by atoms with Gasteiger partial charge in [-0.15, -0.1) is 0 Å². The van der Waals surface area contributed by atoms with Crippen LogP contribution in [0.1, 0.15) is 68.1 Å². The van der Waals surface area contributed by atoms with Crippen molar-refractivity contribution in [1.82, 2.24) is 5.32 Å². The summed E-state index contributed by atoms with van der Waals surface area (Å²) in [4.78, 5) is 29.9. The number of halogens is 1. The van der Waals surface area contributed by atoms with E-state index in [1.807, 2.05) is 32.9 Å². The Labute approximate surface area is 191 Å². The molecule has 0 aliphatic carbocycles. The van der Waals surface area contributed by atoms with Crippen molar-refractivity contribution in [3.05, 3.63) is 67.5 Å². The molecule has 7 nitrogen and oxygen atoms in total. The number of carbonyl (C=O) groups excluding carboxylic acids is 1. The number of nitrogen functional groups attached to an aromatic ring is 1. The van der Waals surface area contributed by atoms with E-state index in [9.17, 15) is 9.59 Å². The Morgan fingerprint density at radius 1 is 1.19 bits per heavy atom. The van der Waals surface area contributed by atoms with Crippen molar-refractivity contribution in [3.8, 4) is 0 Å². The predicted octanol–water partition coefficient (Wildman–Crippen LogP) is 4.47. The quantitative estimate of drug-likeness (QED) is 0.538. The number of hydrogen-bond donors (Lipinski definition) is 3. The molecule has 3 aromatic rings. The second kappa shape index (κ2) is 7.24. The van der Waals surface area contributed by atoms with E-state index in [0.29, 0.717) is 27.5 Å². The number of hydrogen-bond acceptors (Lipinski definition) is 6. The van der Waals surface area contributed by atoms with Crippen molar-refractivity contribution < 1.29 is 9.21 Å². The molecular weight excluding hydrogens is 428 g/mol. The van der Waals surface area contributed by atoms with Crippen LogP contribution < -0.4 is 27.2 Å². The van der Waals surface area contributed by atoms with Gasteiger partial charge in [0.2, 0.25) is 5.43 Å². The summed E-state index contributed by atoms with van der Waals surface area (Å²) < 4.78 is 5.85. The third kappa shape index (κ3) is 3.50. The summed E-state index contributed by atoms with van der Waals surface area (Å²) in [7, 11) is 0. The van der Waals surface area contributed by atoms with Gasteiger partial charge in [-0.2, -0.15) is 0 Å². The van der Waals surface area contributed by atoms with Gasteiger partial charge in [0.15, 0.2) is 0 Å². The van der Waals surface area contributed by atoms with Crippen molar-refractivity contribution in [1.29, 1.82) is 0 Å². The molecule has 0 saturated carbocycles. The number of nitrogens with two attached hydrogens (primary N) is 1. The van der Waals surface area contributed by atoms with Crippen LogP contribution in [0, 0.1) is 12.3 Å². The van der Waals surface area contributed by atoms with Crippen molar-refractivity contribution in [2.45, 2.75) is 53.1 Å². The summed E-state index contributed by atoms with van der Waals surface area (Å²) in [5, 5.41) is 6.93. The van der Waals surface area contributed by atoms with E-state index in [-0.39, 0.29) is 33.8 Å². The average molecular weight is 455 g/mol. The number of amides is 1. The van der Waals surface area contributed by atoms with Gasteiger partial charge in [0, 0.05) is 10.6 Å². The van der Waals surface area contributed by atoms with Gasteiger partial charge in [0.1, 0.15) is 22.6 Å². The Hall–Kier alpha value is -3.06. The topological polar surface area (TPSA) is 110 Å². The fourth-order valence-electron chi connectivity index (χ4n) is 4.17. The molecule has 0 unspecified atom stereocenters. The molecule has 2 heterocycles. The molecule has 8 heteroatoms. The lowest BCUT2D eigenvalue weighted by atomic mass is 9.85. The molecule has 2 aromatic carbocycles. The second-order valence-corrected chi connectivity index (χ2v) is 10.3. The van der Waals surface area contributed by atoms with E-state index in [2.05, 4.69) is 36.4 Å². The van der Waals surface area contributed by atoms with Gasteiger partial charge < -0.3 is 20.8 Å². The fraction of sp³-hybridized carbons (Fsp3) is 0.375. The third-order valence-corrected chi connectivity index (χ3v) is 6.12. The van der Waals surface area contributed by atoms with Crippen LogP contribution in [0.3, 0.4) is 0 Å². The van der Waals surface area contributed by atoms with Gasteiger partial charge in [-0.1, -0.05) is 32.4 Å². The van der Waals surface area contributed by atoms with Gasteiger partial charge in [0.05, 0.1) is 28.5 Å². The number of furan rings is 1. The first-order chi connectivity index (χ1) is 14.8. The molecule has 4 rings (SSSR count). The number of rotatable bonds is 4. The van der Waals surface area contributed by atoms with E-state index < -0.39 is 5.54 Å². The van der Waals surface area contributed by atoms with Gasteiger partial charge in [-0.3, -0.25) is 9.59 Å². The van der Waals surface area contributed by atoms with Gasteiger partial charge in [0.25, 0.3) is 5.91 Å². The first kappa shape index (κ1) is 22.1. The lowest BCUT2D eigenvalue weighted by Crippen LogP contribution is -2.40. The third-order valence-electron chi connectivity index (χ3n) is 5.81. The smallest absolute Gasteiger partial charge is 0.254 e. The van der Waals surface area contributed by atoms with E-state index in [1.165, 1.54) is 0 Å². The minimum absolute atomic E-state index is 0.108. The highest BCUT2D eigenvalue weighted by atomic mass is 35.5. The lowest BCUT2D eigenvalue weighted by Gasteiger charge is -2.31. The zero-order chi connectivity index (χ0) is 23.6. The number of aryl methyl sites for hydroxylation is 1. The molecule has 1 amide bonds. The number of carbonyl (C=O) groups is 1. The second-order valence-electron chi connectivity index (χ2n) is 9.87. The molecule has 0 fully saturated rings. The molecule has 1 aromatic heterocycles. The zero-order valence-electron chi connectivity index (χ0n) is 19.0. The Morgan fingerprint density at radius 3 is 2.47 bits per heavy atom. The maximum Gasteiger partial charge on any atom is 0.254 e. The molecule has 0 saturated heterocycles. The fourth-order valence-corrected chi connectivity index (χ4v) is 4.56. The van der Waals surface area contributed by atoms with Crippen molar-refractivity contribution >= 4 is 34.6 Å². The summed E-state index contributed by atoms with van der Waals surface area (Å²) in [6, 6.07) is 6.89. The number of nitrogens with one attached hydrogen (secondary N) is 2. The van der Waals surface area contributed by atoms with E-state index >= 15 is 0 Å². The molecule has 0 spiro atoms. The number of fused-ring (bicyclic) bond motifs is 1. The van der Waals surface area contributed by atoms with Crippen molar-refractivity contribution in [2.75, 3.05) is 11.1 Å². The standard InChI is InChI=1S/C24H27ClN4O3/c1-11-7-10-14(32-11)21(23(2,3)4)28-18-17(26)20(30)19(18)27-13-9-8-12(25)16-15(13)22(31)29-24(16,5)6/h7-10,21,28H,26H2,1-6H3,(H,29,31)/t21-/m0/s1. The van der Waals surface area contributed by atoms with Gasteiger partial charge >= 0.3 is 0 Å². The molecule has 4 N–H and O–H groups in total. The van der Waals surface area contributed by atoms with E-state index in [0.717, 1.165) is 11.5 Å². The first-order valence-corrected chi connectivity index (χ1v) is 10.8. The number of nitrogens with zero attached hydrogens (tertiary/aromatic N) is 1. The molecule has 1 aliphatic rings. The van der Waals surface area contributed by atoms with Crippen LogP contribution >= 0.6 is 11.6 Å². The summed E-state index contributed by atoms with van der Waals surface area (Å²) >= 11 is 6.39. The average Bonchev–Trinajstić information content (AvgIpc) is 3.21. The Morgan fingerprint density at radius 2 is 1.88 bits per heavy atom. The molecule has 1 aliphatic heterocycles. The minimum atomic E-state index is -0.631. The SMILES string of the molecule is Cc1ccc([C@H](Nc2c(N)c(=O)c2=Nc2ccc(Cl)c3c2C(=O)NC3(C)C)C(C)(C)C)o1. The summed E-state index contributed by atoms with van der Waals surface area (Å²) in [6.45, 7) is 11.8. The van der Waals surface area contributed by atoms with E-state index in [4.69, 9.17) is 21.8 Å². The van der Waals surface area contributed by atoms with Gasteiger partial charge in [-0.25, -0.2) is 4.99 Å². The molecular formula is C24H27ClN4O3. The predicted molar refractivity (Wildman–Crippen MR) is 126 cm³/mol. The Balaban J connectivity index is 1.83. The maximum absolute atomic E-state index is 12.7. The highest BCUT2D eigenvalue weighted by molar-refractivity contribution is 6.32. The molecule has 0 bridgehead atoms. The molecule has 0 radical (unpaired) electrons. The van der Waals surface area contributed by atoms with Crippen LogP contribution in [0.15, 0.2) is 38.5 Å². The number of benzene rings is 1. The van der Waals surface area contributed by atoms with Crippen molar-refractivity contribution in [3.63, 3.8) is 0 Å². The monoisotopic (exact) mass is 454 g/mol. The zero-order valence-corrected chi connectivity index (χ0v) is 19.8. The summed E-state index contributed by atoms with van der Waals surface area (Å²) in [5.74, 6) is 1.26. The van der Waals surface area contributed by atoms with Crippen LogP contribution in [-0.2, 0) is 5.54 Å². The first-order valence-electron chi connectivity index (χ1n) is 10.4. The minimum Gasteiger partial charge on any atom is -0.464 e. The normalized spacial score (nSPS) is 16.8. The Bertz CT molecular complexity index is 1320. The van der Waals surface area contributed by atoms with Crippen LogP contribution in [0.5, 0.6) is 0 Å². The Kier molecular flexibility index (Phi) is 5.01. The summed E-state index contributed by atoms with van der Waals surface area (Å²) in [6.07, 6.45) is 0. The lowest BCUT2D eigenvalue weighted by molar-refractivity contribution is 0.0941. The molecule has 32 heavy (non-hydrogen) atoms. The largest absolute Gasteiger partial charge is 0.464 e. The molecule has 1 atom stereocenters. The van der Waals surface area contributed by atoms with Crippen LogP contribution in [0.25, 0.3) is 0 Å². The van der Waals surface area contributed by atoms with Crippen LogP contribution in [0.2, 0.25) is 5.02 Å². The van der Waals surface area contributed by atoms with Crippen LogP contribution in [-0.4, -0.2) is 5.91 Å².